The van der Waals surface area contributed by atoms with Gasteiger partial charge < -0.3 is 20.1 Å². The highest BCUT2D eigenvalue weighted by atomic mass is 19.4. The highest BCUT2D eigenvalue weighted by molar-refractivity contribution is 5.95. The lowest BCUT2D eigenvalue weighted by Gasteiger charge is -2.29. The maximum Gasteiger partial charge on any atom is 0.471 e. The van der Waals surface area contributed by atoms with E-state index in [9.17, 15) is 27.6 Å². The molecule has 2 aromatic rings. The topological polar surface area (TPSA) is 97.0 Å². The number of alkyl halides is 3. The van der Waals surface area contributed by atoms with Gasteiger partial charge in [0.15, 0.2) is 0 Å². The molecule has 1 aliphatic carbocycles. The molecule has 3 amide bonds. The first kappa shape index (κ1) is 36.1. The lowest BCUT2D eigenvalue weighted by atomic mass is 9.85. The van der Waals surface area contributed by atoms with Crippen LogP contribution in [0.1, 0.15) is 103 Å². The number of carbonyl (C=O) groups is 3. The zero-order chi connectivity index (χ0) is 34.8. The smallest absolute Gasteiger partial charge is 0.444 e. The Bertz CT molecular complexity index is 1460. The maximum absolute atomic E-state index is 13.5. The van der Waals surface area contributed by atoms with E-state index in [0.29, 0.717) is 17.5 Å². The Morgan fingerprint density at radius 1 is 1.04 bits per heavy atom. The van der Waals surface area contributed by atoms with Crippen LogP contribution in [0, 0.1) is 0 Å². The molecule has 1 saturated heterocycles. The first-order valence-corrected chi connectivity index (χ1v) is 16.4. The maximum atomic E-state index is 13.5. The average molecular weight is 660 g/mol. The van der Waals surface area contributed by atoms with Gasteiger partial charge in [0.25, 0.3) is 0 Å². The van der Waals surface area contributed by atoms with Gasteiger partial charge in [0.05, 0.1) is 18.1 Å². The molecule has 1 heterocycles. The molecule has 0 radical (unpaired) electrons. The second-order valence-electron chi connectivity index (χ2n) is 14.8. The molecule has 0 aromatic heterocycles. The van der Waals surface area contributed by atoms with Gasteiger partial charge in [-0.1, -0.05) is 76.9 Å². The Morgan fingerprint density at radius 3 is 2.34 bits per heavy atom. The Labute approximate surface area is 275 Å². The number of nitrogens with one attached hydrogen (secondary N) is 2. The summed E-state index contributed by atoms with van der Waals surface area (Å²) in [5, 5.41) is 4.91. The van der Waals surface area contributed by atoms with Gasteiger partial charge in [-0.15, -0.1) is 0 Å². The minimum absolute atomic E-state index is 0.0664. The van der Waals surface area contributed by atoms with E-state index in [2.05, 4.69) is 38.2 Å². The summed E-state index contributed by atoms with van der Waals surface area (Å²) in [6.45, 7) is 13.9. The molecule has 4 rings (SSSR count). The second-order valence-corrected chi connectivity index (χ2v) is 14.8. The third-order valence-electron chi connectivity index (χ3n) is 8.67. The number of unbranched alkanes of at least 4 members (excludes halogenated alkanes) is 2. The number of rotatable bonds is 11. The first-order chi connectivity index (χ1) is 21.8. The van der Waals surface area contributed by atoms with E-state index in [-0.39, 0.29) is 24.1 Å². The molecule has 0 bridgehead atoms. The van der Waals surface area contributed by atoms with Gasteiger partial charge in [-0.25, -0.2) is 9.59 Å². The lowest BCUT2D eigenvalue weighted by Crippen LogP contribution is -2.48. The summed E-state index contributed by atoms with van der Waals surface area (Å²) >= 11 is 0. The number of hydrogen-bond acceptors (Lipinski definition) is 5. The first-order valence-electron chi connectivity index (χ1n) is 16.4. The van der Waals surface area contributed by atoms with Gasteiger partial charge in [-0.05, 0) is 86.6 Å². The molecule has 11 heteroatoms. The number of halogens is 3. The molecule has 0 spiro atoms. The highest BCUT2D eigenvalue weighted by Crippen LogP contribution is 2.53. The number of ether oxygens (including phenoxy) is 2. The van der Waals surface area contributed by atoms with Crippen molar-refractivity contribution in [1.82, 2.24) is 10.2 Å². The van der Waals surface area contributed by atoms with Gasteiger partial charge in [0, 0.05) is 5.69 Å². The van der Waals surface area contributed by atoms with Crippen molar-refractivity contribution in [2.24, 2.45) is 0 Å². The molecule has 0 unspecified atom stereocenters. The predicted molar refractivity (Wildman–Crippen MR) is 174 cm³/mol. The van der Waals surface area contributed by atoms with Crippen LogP contribution in [0.4, 0.5) is 28.4 Å². The van der Waals surface area contributed by atoms with Crippen LogP contribution < -0.4 is 10.6 Å². The average Bonchev–Trinajstić information content (AvgIpc) is 3.67. The van der Waals surface area contributed by atoms with E-state index in [0.717, 1.165) is 37.7 Å². The van der Waals surface area contributed by atoms with Crippen molar-refractivity contribution in [2.75, 3.05) is 11.9 Å². The fourth-order valence-electron chi connectivity index (χ4n) is 6.00. The number of carbonyl (C=O) groups excluding carboxylic acids is 3. The van der Waals surface area contributed by atoms with E-state index in [1.54, 1.807) is 37.8 Å². The number of cyclic esters (lactones) is 1. The number of amides is 3. The summed E-state index contributed by atoms with van der Waals surface area (Å²) in [6, 6.07) is 12.4. The van der Waals surface area contributed by atoms with Crippen LogP contribution in [-0.2, 0) is 38.1 Å². The SMILES string of the molecule is CCCCCc1cc(C[C@H](NC(=O)OC(C)(C)C)[C@H]2CN(C3(c4cccc(C(C)(C)C)c4)CC3)C(=O)O2)ccc1NC(=O)C(F)(F)F. The van der Waals surface area contributed by atoms with Crippen molar-refractivity contribution in [3.8, 4) is 0 Å². The van der Waals surface area contributed by atoms with Crippen molar-refractivity contribution in [2.45, 2.75) is 128 Å². The van der Waals surface area contributed by atoms with Gasteiger partial charge in [0.2, 0.25) is 0 Å². The van der Waals surface area contributed by atoms with Crippen LogP contribution in [0.3, 0.4) is 0 Å². The summed E-state index contributed by atoms with van der Waals surface area (Å²) in [5.41, 5.74) is 2.24. The predicted octanol–water partition coefficient (Wildman–Crippen LogP) is 8.16. The number of anilines is 1. The minimum atomic E-state index is -5.02. The number of alkyl carbamates (subject to hydrolysis) is 1. The molecular weight excluding hydrogens is 611 g/mol. The molecule has 2 N–H and O–H groups in total. The molecule has 1 aliphatic heterocycles. The fraction of sp³-hybridized carbons (Fsp3) is 0.583. The van der Waals surface area contributed by atoms with E-state index in [1.807, 2.05) is 24.4 Å². The second kappa shape index (κ2) is 13.8. The highest BCUT2D eigenvalue weighted by Gasteiger charge is 2.56. The quantitative estimate of drug-likeness (QED) is 0.237. The van der Waals surface area contributed by atoms with Crippen LogP contribution in [0.25, 0.3) is 0 Å². The molecule has 8 nitrogen and oxygen atoms in total. The monoisotopic (exact) mass is 659 g/mol. The van der Waals surface area contributed by atoms with Crippen LogP contribution in [0.5, 0.6) is 0 Å². The number of nitrogens with zero attached hydrogens (tertiary/aromatic N) is 1. The van der Waals surface area contributed by atoms with Crippen molar-refractivity contribution < 1.29 is 37.0 Å². The molecule has 1 saturated carbocycles. The van der Waals surface area contributed by atoms with Crippen LogP contribution in [-0.4, -0.2) is 53.5 Å². The summed E-state index contributed by atoms with van der Waals surface area (Å²) < 4.78 is 50.7. The lowest BCUT2D eigenvalue weighted by molar-refractivity contribution is -0.167. The van der Waals surface area contributed by atoms with Crippen LogP contribution in [0.15, 0.2) is 42.5 Å². The Kier molecular flexibility index (Phi) is 10.6. The third kappa shape index (κ3) is 9.20. The van der Waals surface area contributed by atoms with Gasteiger partial charge in [-0.2, -0.15) is 13.2 Å². The van der Waals surface area contributed by atoms with Gasteiger partial charge in [0.1, 0.15) is 11.7 Å². The zero-order valence-corrected chi connectivity index (χ0v) is 28.5. The van der Waals surface area contributed by atoms with Crippen molar-refractivity contribution >= 4 is 23.8 Å². The van der Waals surface area contributed by atoms with Crippen molar-refractivity contribution in [3.05, 3.63) is 64.7 Å². The standard InChI is InChI=1S/C36H48F3N3O5/c1-8-9-10-12-24-19-23(15-16-27(24)40-30(43)36(37,38)39)20-28(41-31(44)47-34(5,6)7)29-22-42(32(45)46-29)35(17-18-35)26-14-11-13-25(21-26)33(2,3)4/h11,13-16,19,21,28-29H,8-10,12,17-18,20,22H2,1-7H3,(H,40,43)(H,41,44)/t28-,29+/m0/s1. The summed E-state index contributed by atoms with van der Waals surface area (Å²) in [6.07, 6.45) is -2.11. The Morgan fingerprint density at radius 2 is 1.74 bits per heavy atom. The molecule has 2 aliphatic rings. The Balaban J connectivity index is 1.61. The molecule has 2 atom stereocenters. The fourth-order valence-corrected chi connectivity index (χ4v) is 6.00. The van der Waals surface area contributed by atoms with E-state index in [4.69, 9.17) is 9.47 Å². The number of aryl methyl sites for hydroxylation is 1. The zero-order valence-electron chi connectivity index (χ0n) is 28.5. The van der Waals surface area contributed by atoms with Gasteiger partial charge in [-0.3, -0.25) is 9.69 Å². The molecule has 47 heavy (non-hydrogen) atoms. The van der Waals surface area contributed by atoms with Crippen molar-refractivity contribution in [1.29, 1.82) is 0 Å². The van der Waals surface area contributed by atoms with E-state index in [1.165, 1.54) is 11.6 Å². The van der Waals surface area contributed by atoms with Crippen LogP contribution in [0.2, 0.25) is 0 Å². The minimum Gasteiger partial charge on any atom is -0.444 e. The third-order valence-corrected chi connectivity index (χ3v) is 8.67. The normalized spacial score (nSPS) is 18.4. The molecule has 258 valence electrons. The van der Waals surface area contributed by atoms with Gasteiger partial charge >= 0.3 is 24.3 Å². The number of benzene rings is 2. The van der Waals surface area contributed by atoms with Crippen LogP contribution >= 0.6 is 0 Å². The number of hydrogen-bond donors (Lipinski definition) is 2. The van der Waals surface area contributed by atoms with E-state index >= 15 is 0 Å². The summed E-state index contributed by atoms with van der Waals surface area (Å²) in [7, 11) is 0. The van der Waals surface area contributed by atoms with Crippen molar-refractivity contribution in [3.63, 3.8) is 0 Å². The molecular formula is C36H48F3N3O5. The largest absolute Gasteiger partial charge is 0.471 e. The van der Waals surface area contributed by atoms with E-state index < -0.39 is 47.6 Å². The molecule has 2 fully saturated rings. The summed E-state index contributed by atoms with van der Waals surface area (Å²) in [5.74, 6) is -2.04. The Hall–Kier alpha value is -3.76. The summed E-state index contributed by atoms with van der Waals surface area (Å²) in [4.78, 5) is 40.0. The molecule has 2 aromatic carbocycles.